The number of hydrogen-bond acceptors (Lipinski definition) is 3. The first-order chi connectivity index (χ1) is 9.17. The predicted octanol–water partition coefficient (Wildman–Crippen LogP) is 1.72. The van der Waals surface area contributed by atoms with Crippen molar-refractivity contribution in [2.45, 2.75) is 43.9 Å². The molecule has 3 unspecified atom stereocenters. The van der Waals surface area contributed by atoms with Gasteiger partial charge >= 0.3 is 0 Å². The maximum atomic E-state index is 10.6. The third-order valence-electron chi connectivity index (χ3n) is 4.71. The third kappa shape index (κ3) is 2.69. The van der Waals surface area contributed by atoms with E-state index in [4.69, 9.17) is 0 Å². The number of fused-ring (bicyclic) bond motifs is 1. The summed E-state index contributed by atoms with van der Waals surface area (Å²) in [7, 11) is 0. The van der Waals surface area contributed by atoms with Crippen molar-refractivity contribution in [2.75, 3.05) is 19.6 Å². The molecule has 1 aromatic carbocycles. The highest BCUT2D eigenvalue weighted by molar-refractivity contribution is 5.21. The number of benzene rings is 1. The second kappa shape index (κ2) is 5.23. The molecule has 2 aliphatic heterocycles. The number of rotatable bonds is 4. The molecule has 0 bridgehead atoms. The molecular formula is C16H24N2O. The van der Waals surface area contributed by atoms with E-state index in [2.05, 4.69) is 10.2 Å². The van der Waals surface area contributed by atoms with Crippen molar-refractivity contribution >= 4 is 0 Å². The number of aliphatic hydroxyl groups is 1. The first-order valence-corrected chi connectivity index (χ1v) is 7.42. The summed E-state index contributed by atoms with van der Waals surface area (Å²) in [4.78, 5) is 2.59. The van der Waals surface area contributed by atoms with Crippen molar-refractivity contribution in [3.8, 4) is 0 Å². The zero-order valence-electron chi connectivity index (χ0n) is 11.7. The van der Waals surface area contributed by atoms with Gasteiger partial charge in [-0.15, -0.1) is 0 Å². The van der Waals surface area contributed by atoms with Crippen LogP contribution in [0, 0.1) is 0 Å². The molecule has 19 heavy (non-hydrogen) atoms. The van der Waals surface area contributed by atoms with Crippen LogP contribution in [0.2, 0.25) is 0 Å². The Bertz CT molecular complexity index is 418. The van der Waals surface area contributed by atoms with Gasteiger partial charge in [0.05, 0.1) is 5.60 Å². The van der Waals surface area contributed by atoms with Gasteiger partial charge in [0.25, 0.3) is 0 Å². The molecule has 0 amide bonds. The summed E-state index contributed by atoms with van der Waals surface area (Å²) in [6, 6.07) is 11.2. The van der Waals surface area contributed by atoms with Gasteiger partial charge in [0, 0.05) is 25.2 Å². The van der Waals surface area contributed by atoms with Gasteiger partial charge in [0.15, 0.2) is 0 Å². The Balaban J connectivity index is 1.60. The predicted molar refractivity (Wildman–Crippen MR) is 77.0 cm³/mol. The van der Waals surface area contributed by atoms with Crippen LogP contribution in [-0.4, -0.2) is 41.7 Å². The van der Waals surface area contributed by atoms with E-state index in [1.165, 1.54) is 32.4 Å². The fourth-order valence-corrected chi connectivity index (χ4v) is 3.55. The molecule has 104 valence electrons. The van der Waals surface area contributed by atoms with Crippen molar-refractivity contribution in [3.63, 3.8) is 0 Å². The van der Waals surface area contributed by atoms with E-state index in [0.29, 0.717) is 18.6 Å². The first-order valence-electron chi connectivity index (χ1n) is 7.42. The lowest BCUT2D eigenvalue weighted by molar-refractivity contribution is 0.0527. The van der Waals surface area contributed by atoms with E-state index in [1.54, 1.807) is 0 Å². The van der Waals surface area contributed by atoms with Gasteiger partial charge in [0.2, 0.25) is 0 Å². The van der Waals surface area contributed by atoms with Gasteiger partial charge in [0.1, 0.15) is 0 Å². The monoisotopic (exact) mass is 260 g/mol. The number of nitrogens with zero attached hydrogens (tertiary/aromatic N) is 1. The van der Waals surface area contributed by atoms with Gasteiger partial charge in [-0.1, -0.05) is 30.3 Å². The summed E-state index contributed by atoms with van der Waals surface area (Å²) in [6.07, 6.45) is 3.86. The van der Waals surface area contributed by atoms with E-state index in [-0.39, 0.29) is 0 Å². The summed E-state index contributed by atoms with van der Waals surface area (Å²) in [5.74, 6) is 0. The Morgan fingerprint density at radius 1 is 1.26 bits per heavy atom. The molecule has 2 saturated heterocycles. The zero-order valence-corrected chi connectivity index (χ0v) is 11.7. The lowest BCUT2D eigenvalue weighted by atomic mass is 9.95. The van der Waals surface area contributed by atoms with Crippen LogP contribution >= 0.6 is 0 Å². The fraction of sp³-hybridized carbons (Fsp3) is 0.625. The average Bonchev–Trinajstić information content (AvgIpc) is 3.01. The minimum atomic E-state index is -0.784. The van der Waals surface area contributed by atoms with Crippen molar-refractivity contribution in [1.82, 2.24) is 10.2 Å². The molecule has 2 fully saturated rings. The molecule has 2 heterocycles. The quantitative estimate of drug-likeness (QED) is 0.865. The summed E-state index contributed by atoms with van der Waals surface area (Å²) >= 11 is 0. The van der Waals surface area contributed by atoms with E-state index in [1.807, 2.05) is 37.3 Å². The van der Waals surface area contributed by atoms with Gasteiger partial charge in [-0.2, -0.15) is 0 Å². The molecule has 3 rings (SSSR count). The highest BCUT2D eigenvalue weighted by atomic mass is 16.3. The molecule has 0 aromatic heterocycles. The maximum absolute atomic E-state index is 10.6. The summed E-state index contributed by atoms with van der Waals surface area (Å²) in [6.45, 7) is 5.01. The van der Waals surface area contributed by atoms with Gasteiger partial charge in [-0.05, 0) is 38.3 Å². The van der Waals surface area contributed by atoms with Gasteiger partial charge in [-0.3, -0.25) is 4.90 Å². The van der Waals surface area contributed by atoms with Gasteiger partial charge < -0.3 is 10.4 Å². The van der Waals surface area contributed by atoms with Crippen LogP contribution in [0.25, 0.3) is 0 Å². The Hall–Kier alpha value is -0.900. The van der Waals surface area contributed by atoms with E-state index in [9.17, 15) is 5.11 Å². The molecular weight excluding hydrogens is 236 g/mol. The molecule has 3 atom stereocenters. The van der Waals surface area contributed by atoms with Crippen molar-refractivity contribution < 1.29 is 5.11 Å². The average molecular weight is 260 g/mol. The zero-order chi connectivity index (χ0) is 13.3. The Labute approximate surface area is 115 Å². The second-order valence-corrected chi connectivity index (χ2v) is 6.16. The number of hydrogen-bond donors (Lipinski definition) is 2. The topological polar surface area (TPSA) is 35.5 Å². The van der Waals surface area contributed by atoms with Crippen LogP contribution in [0.15, 0.2) is 30.3 Å². The van der Waals surface area contributed by atoms with Crippen LogP contribution in [0.1, 0.15) is 31.7 Å². The van der Waals surface area contributed by atoms with Crippen LogP contribution in [-0.2, 0) is 5.60 Å². The van der Waals surface area contributed by atoms with Crippen LogP contribution in [0.4, 0.5) is 0 Å². The number of nitrogens with one attached hydrogen (secondary N) is 1. The Morgan fingerprint density at radius 2 is 2.05 bits per heavy atom. The first kappa shape index (κ1) is 13.1. The standard InChI is InChI=1S/C16H24N2O/c1-16(19,13-6-3-2-4-7-13)12-17-14-9-11-18-10-5-8-15(14)18/h2-4,6-7,14-15,17,19H,5,8-12H2,1H3. The van der Waals surface area contributed by atoms with Crippen molar-refractivity contribution in [1.29, 1.82) is 0 Å². The van der Waals surface area contributed by atoms with E-state index in [0.717, 1.165) is 5.56 Å². The molecule has 2 N–H and O–H groups in total. The minimum Gasteiger partial charge on any atom is -0.384 e. The van der Waals surface area contributed by atoms with Crippen LogP contribution < -0.4 is 5.32 Å². The van der Waals surface area contributed by atoms with E-state index < -0.39 is 5.60 Å². The van der Waals surface area contributed by atoms with Crippen LogP contribution in [0.5, 0.6) is 0 Å². The van der Waals surface area contributed by atoms with E-state index >= 15 is 0 Å². The van der Waals surface area contributed by atoms with Crippen molar-refractivity contribution in [3.05, 3.63) is 35.9 Å². The normalized spacial score (nSPS) is 30.2. The fourth-order valence-electron chi connectivity index (χ4n) is 3.55. The molecule has 0 spiro atoms. The highest BCUT2D eigenvalue weighted by Gasteiger charge is 2.37. The van der Waals surface area contributed by atoms with Crippen LogP contribution in [0.3, 0.4) is 0 Å². The molecule has 0 saturated carbocycles. The van der Waals surface area contributed by atoms with Crippen molar-refractivity contribution in [2.24, 2.45) is 0 Å². The second-order valence-electron chi connectivity index (χ2n) is 6.16. The summed E-state index contributed by atoms with van der Waals surface area (Å²) in [5.41, 5.74) is 0.205. The summed E-state index contributed by atoms with van der Waals surface area (Å²) in [5, 5.41) is 14.2. The highest BCUT2D eigenvalue weighted by Crippen LogP contribution is 2.28. The Morgan fingerprint density at radius 3 is 2.84 bits per heavy atom. The molecule has 3 nitrogen and oxygen atoms in total. The SMILES string of the molecule is CC(O)(CNC1CCN2CCCC12)c1ccccc1. The third-order valence-corrected chi connectivity index (χ3v) is 4.71. The molecule has 3 heteroatoms. The molecule has 2 aliphatic rings. The minimum absolute atomic E-state index is 0.553. The summed E-state index contributed by atoms with van der Waals surface area (Å²) < 4.78 is 0. The maximum Gasteiger partial charge on any atom is 0.0992 e. The molecule has 1 aromatic rings. The molecule has 0 radical (unpaired) electrons. The Kier molecular flexibility index (Phi) is 3.61. The lowest BCUT2D eigenvalue weighted by Crippen LogP contribution is -2.45. The largest absolute Gasteiger partial charge is 0.384 e. The lowest BCUT2D eigenvalue weighted by Gasteiger charge is -2.28. The molecule has 0 aliphatic carbocycles. The smallest absolute Gasteiger partial charge is 0.0992 e. The van der Waals surface area contributed by atoms with Gasteiger partial charge in [-0.25, -0.2) is 0 Å².